The molecular weight excluding hydrogens is 246 g/mol. The number of piperidine rings is 1. The fourth-order valence-corrected chi connectivity index (χ4v) is 3.21. The Kier molecular flexibility index (Phi) is 3.37. The molecule has 3 rings (SSSR count). The summed E-state index contributed by atoms with van der Waals surface area (Å²) in [5.41, 5.74) is -0.949. The SMILES string of the molecule is O=c1[nH]nc(N2CCCCC2C2CCCN2)c(=O)[nH]1. The second-order valence-electron chi connectivity index (χ2n) is 5.29. The van der Waals surface area contributed by atoms with Crippen molar-refractivity contribution >= 4 is 5.82 Å². The Bertz CT molecular complexity index is 546. The van der Waals surface area contributed by atoms with Crippen molar-refractivity contribution in [3.63, 3.8) is 0 Å². The van der Waals surface area contributed by atoms with Crippen molar-refractivity contribution in [2.24, 2.45) is 0 Å². The Balaban J connectivity index is 1.91. The van der Waals surface area contributed by atoms with E-state index in [9.17, 15) is 9.59 Å². The van der Waals surface area contributed by atoms with E-state index in [0.717, 1.165) is 32.4 Å². The van der Waals surface area contributed by atoms with E-state index >= 15 is 0 Å². The summed E-state index contributed by atoms with van der Waals surface area (Å²) in [4.78, 5) is 27.3. The van der Waals surface area contributed by atoms with Gasteiger partial charge in [0.15, 0.2) is 0 Å². The van der Waals surface area contributed by atoms with Gasteiger partial charge in [0.2, 0.25) is 5.82 Å². The van der Waals surface area contributed by atoms with Crippen molar-refractivity contribution in [1.82, 2.24) is 20.5 Å². The largest absolute Gasteiger partial charge is 0.346 e. The third-order valence-corrected chi connectivity index (χ3v) is 4.08. The van der Waals surface area contributed by atoms with E-state index in [2.05, 4.69) is 25.4 Å². The Morgan fingerprint density at radius 3 is 2.79 bits per heavy atom. The lowest BCUT2D eigenvalue weighted by Crippen LogP contribution is -2.52. The average Bonchev–Trinajstić information content (AvgIpc) is 2.93. The molecule has 0 aliphatic carbocycles. The molecule has 104 valence electrons. The van der Waals surface area contributed by atoms with Gasteiger partial charge in [-0.25, -0.2) is 9.89 Å². The summed E-state index contributed by atoms with van der Waals surface area (Å²) in [5.74, 6) is 0.345. The van der Waals surface area contributed by atoms with E-state index in [0.29, 0.717) is 17.9 Å². The Hall–Kier alpha value is -1.63. The molecule has 7 heteroatoms. The summed E-state index contributed by atoms with van der Waals surface area (Å²) < 4.78 is 0. The van der Waals surface area contributed by atoms with Gasteiger partial charge in [-0.15, -0.1) is 5.10 Å². The van der Waals surface area contributed by atoms with E-state index in [1.807, 2.05) is 0 Å². The van der Waals surface area contributed by atoms with Crippen molar-refractivity contribution in [2.45, 2.75) is 44.2 Å². The van der Waals surface area contributed by atoms with Gasteiger partial charge in [-0.05, 0) is 38.6 Å². The molecular formula is C12H19N5O2. The molecule has 1 aromatic heterocycles. The third kappa shape index (κ3) is 2.42. The van der Waals surface area contributed by atoms with Crippen LogP contribution in [0.5, 0.6) is 0 Å². The molecule has 0 aromatic carbocycles. The highest BCUT2D eigenvalue weighted by molar-refractivity contribution is 5.37. The summed E-state index contributed by atoms with van der Waals surface area (Å²) in [6, 6.07) is 0.726. The van der Waals surface area contributed by atoms with Crippen LogP contribution >= 0.6 is 0 Å². The highest BCUT2D eigenvalue weighted by Crippen LogP contribution is 2.26. The van der Waals surface area contributed by atoms with Crippen molar-refractivity contribution in [1.29, 1.82) is 0 Å². The lowest BCUT2D eigenvalue weighted by molar-refractivity contribution is 0.374. The van der Waals surface area contributed by atoms with Crippen molar-refractivity contribution in [3.05, 3.63) is 20.8 Å². The van der Waals surface area contributed by atoms with Crippen LogP contribution < -0.4 is 21.5 Å². The van der Waals surface area contributed by atoms with Gasteiger partial charge in [0.1, 0.15) is 0 Å². The molecule has 2 unspecified atom stereocenters. The molecule has 2 aliphatic heterocycles. The van der Waals surface area contributed by atoms with Crippen LogP contribution in [0.15, 0.2) is 9.59 Å². The molecule has 2 atom stereocenters. The molecule has 19 heavy (non-hydrogen) atoms. The molecule has 0 bridgehead atoms. The smallest absolute Gasteiger partial charge is 0.342 e. The zero-order valence-electron chi connectivity index (χ0n) is 10.8. The maximum atomic E-state index is 11.9. The monoisotopic (exact) mass is 265 g/mol. The van der Waals surface area contributed by atoms with Crippen LogP contribution in [-0.2, 0) is 0 Å². The molecule has 1 aromatic rings. The Morgan fingerprint density at radius 1 is 1.16 bits per heavy atom. The molecule has 0 amide bonds. The fourth-order valence-electron chi connectivity index (χ4n) is 3.21. The number of nitrogens with zero attached hydrogens (tertiary/aromatic N) is 2. The van der Waals surface area contributed by atoms with Crippen molar-refractivity contribution in [2.75, 3.05) is 18.0 Å². The summed E-state index contributed by atoms with van der Waals surface area (Å²) >= 11 is 0. The zero-order chi connectivity index (χ0) is 13.2. The zero-order valence-corrected chi connectivity index (χ0v) is 10.8. The molecule has 0 radical (unpaired) electrons. The molecule has 0 spiro atoms. The highest BCUT2D eigenvalue weighted by Gasteiger charge is 2.33. The lowest BCUT2D eigenvalue weighted by Gasteiger charge is -2.39. The van der Waals surface area contributed by atoms with Gasteiger partial charge in [-0.2, -0.15) is 0 Å². The number of hydrogen-bond acceptors (Lipinski definition) is 5. The van der Waals surface area contributed by atoms with Gasteiger partial charge in [0, 0.05) is 18.6 Å². The van der Waals surface area contributed by atoms with E-state index in [1.165, 1.54) is 12.8 Å². The number of rotatable bonds is 2. The van der Waals surface area contributed by atoms with Crippen LogP contribution in [0, 0.1) is 0 Å². The molecule has 3 heterocycles. The summed E-state index contributed by atoms with van der Waals surface area (Å²) in [7, 11) is 0. The number of aromatic amines is 2. The average molecular weight is 265 g/mol. The maximum Gasteiger partial charge on any atom is 0.342 e. The quantitative estimate of drug-likeness (QED) is 0.674. The van der Waals surface area contributed by atoms with Gasteiger partial charge in [0.25, 0.3) is 5.56 Å². The molecule has 0 saturated carbocycles. The van der Waals surface area contributed by atoms with E-state index in [-0.39, 0.29) is 0 Å². The van der Waals surface area contributed by atoms with Gasteiger partial charge in [0.05, 0.1) is 0 Å². The first-order chi connectivity index (χ1) is 9.25. The van der Waals surface area contributed by atoms with E-state index in [4.69, 9.17) is 0 Å². The number of nitrogens with one attached hydrogen (secondary N) is 3. The van der Waals surface area contributed by atoms with E-state index < -0.39 is 11.2 Å². The summed E-state index contributed by atoms with van der Waals surface area (Å²) in [6.45, 7) is 1.87. The van der Waals surface area contributed by atoms with Gasteiger partial charge in [-0.1, -0.05) is 0 Å². The molecule has 2 fully saturated rings. The van der Waals surface area contributed by atoms with Gasteiger partial charge < -0.3 is 10.2 Å². The molecule has 3 N–H and O–H groups in total. The van der Waals surface area contributed by atoms with Crippen LogP contribution in [0.1, 0.15) is 32.1 Å². The van der Waals surface area contributed by atoms with Gasteiger partial charge in [-0.3, -0.25) is 9.78 Å². The predicted molar refractivity (Wildman–Crippen MR) is 71.5 cm³/mol. The number of aromatic nitrogens is 3. The number of anilines is 1. The second-order valence-corrected chi connectivity index (χ2v) is 5.29. The second kappa shape index (κ2) is 5.16. The number of H-pyrrole nitrogens is 2. The first-order valence-electron chi connectivity index (χ1n) is 6.95. The lowest BCUT2D eigenvalue weighted by atomic mass is 9.94. The van der Waals surface area contributed by atoms with Crippen molar-refractivity contribution in [3.8, 4) is 0 Å². The third-order valence-electron chi connectivity index (χ3n) is 4.08. The number of hydrogen-bond donors (Lipinski definition) is 3. The molecule has 7 nitrogen and oxygen atoms in total. The first-order valence-corrected chi connectivity index (χ1v) is 6.95. The Morgan fingerprint density at radius 2 is 2.05 bits per heavy atom. The van der Waals surface area contributed by atoms with Crippen LogP contribution in [0.3, 0.4) is 0 Å². The summed E-state index contributed by atoms with van der Waals surface area (Å²) in [5, 5.41) is 9.77. The maximum absolute atomic E-state index is 11.9. The highest BCUT2D eigenvalue weighted by atomic mass is 16.2. The fraction of sp³-hybridized carbons (Fsp3) is 0.750. The topological polar surface area (TPSA) is 93.9 Å². The van der Waals surface area contributed by atoms with Crippen molar-refractivity contribution < 1.29 is 0 Å². The minimum Gasteiger partial charge on any atom is -0.346 e. The minimum absolute atomic E-state index is 0.302. The molecule has 2 saturated heterocycles. The standard InChI is InChI=1S/C12H19N5O2/c18-11-10(15-16-12(19)14-11)17-7-2-1-5-9(17)8-4-3-6-13-8/h8-9,13H,1-7H2,(H2,14,16,18,19). The van der Waals surface area contributed by atoms with E-state index in [1.54, 1.807) is 0 Å². The normalized spacial score (nSPS) is 27.7. The minimum atomic E-state index is -0.554. The summed E-state index contributed by atoms with van der Waals surface area (Å²) in [6.07, 6.45) is 5.63. The first kappa shape index (κ1) is 12.4. The molecule has 2 aliphatic rings. The predicted octanol–water partition coefficient (Wildman–Crippen LogP) is -0.431. The van der Waals surface area contributed by atoms with Crippen LogP contribution in [-0.4, -0.2) is 40.4 Å². The van der Waals surface area contributed by atoms with Gasteiger partial charge >= 0.3 is 5.69 Å². The van der Waals surface area contributed by atoms with Crippen LogP contribution in [0.4, 0.5) is 5.82 Å². The van der Waals surface area contributed by atoms with Crippen LogP contribution in [0.25, 0.3) is 0 Å². The Labute approximate surface area is 110 Å². The van der Waals surface area contributed by atoms with Crippen LogP contribution in [0.2, 0.25) is 0 Å².